The smallest absolute Gasteiger partial charge is 0.337 e. The molecule has 0 aromatic heterocycles. The first kappa shape index (κ1) is 11.0. The van der Waals surface area contributed by atoms with Gasteiger partial charge in [0, 0.05) is 7.14 Å². The molecule has 0 aliphatic rings. The van der Waals surface area contributed by atoms with Crippen molar-refractivity contribution in [3.8, 4) is 0 Å². The van der Waals surface area contributed by atoms with E-state index in [0.29, 0.717) is 5.56 Å². The molecule has 4 heteroatoms. The summed E-state index contributed by atoms with van der Waals surface area (Å²) in [4.78, 5) is 10.8. The maximum Gasteiger partial charge on any atom is 0.337 e. The third-order valence-corrected chi connectivity index (χ3v) is 3.22. The third-order valence-electron chi connectivity index (χ3n) is 1.51. The molecule has 68 valence electrons. The molecule has 0 unspecified atom stereocenters. The van der Waals surface area contributed by atoms with Crippen LogP contribution >= 0.6 is 45.2 Å². The summed E-state index contributed by atoms with van der Waals surface area (Å²) in [6.07, 6.45) is 1.70. The first-order valence-electron chi connectivity index (χ1n) is 3.41. The van der Waals surface area contributed by atoms with E-state index in [-0.39, 0.29) is 0 Å². The lowest BCUT2D eigenvalue weighted by Gasteiger charge is -2.03. The molecule has 0 amide bonds. The molecule has 0 bridgehead atoms. The monoisotopic (exact) mass is 400 g/mol. The van der Waals surface area contributed by atoms with Crippen molar-refractivity contribution in [2.75, 3.05) is 0 Å². The molecule has 0 aliphatic carbocycles. The summed E-state index contributed by atoms with van der Waals surface area (Å²) in [5.41, 5.74) is 1.31. The fourth-order valence-electron chi connectivity index (χ4n) is 0.915. The Labute approximate surface area is 103 Å². The number of halogens is 2. The van der Waals surface area contributed by atoms with E-state index in [9.17, 15) is 4.79 Å². The highest BCUT2D eigenvalue weighted by atomic mass is 127. The Hall–Kier alpha value is -0.110. The Morgan fingerprint density at radius 2 is 1.85 bits per heavy atom. The van der Waals surface area contributed by atoms with Crippen molar-refractivity contribution in [3.05, 3.63) is 37.0 Å². The zero-order valence-corrected chi connectivity index (χ0v) is 10.9. The summed E-state index contributed by atoms with van der Waals surface area (Å²) >= 11 is 4.03. The molecular weight excluding hydrogens is 394 g/mol. The summed E-state index contributed by atoms with van der Waals surface area (Å²) in [6.45, 7) is 3.63. The van der Waals surface area contributed by atoms with Gasteiger partial charge in [0.15, 0.2) is 0 Å². The molecule has 0 saturated heterocycles. The van der Waals surface area contributed by atoms with Crippen LogP contribution in [-0.4, -0.2) is 11.1 Å². The molecule has 0 spiro atoms. The zero-order valence-electron chi connectivity index (χ0n) is 6.55. The molecule has 0 saturated carbocycles. The standard InChI is InChI=1S/C9H6I2O2/c1-2-5-3-6(10)8(9(12)13)7(11)4-5/h2-4H,1H2,(H,12,13). The van der Waals surface area contributed by atoms with Crippen LogP contribution in [-0.2, 0) is 0 Å². The Balaban J connectivity index is 3.39. The van der Waals surface area contributed by atoms with E-state index in [0.717, 1.165) is 12.7 Å². The number of rotatable bonds is 2. The van der Waals surface area contributed by atoms with Crippen molar-refractivity contribution in [2.24, 2.45) is 0 Å². The van der Waals surface area contributed by atoms with Gasteiger partial charge in [-0.15, -0.1) is 0 Å². The SMILES string of the molecule is C=Cc1cc(I)c(C(=O)O)c(I)c1. The highest BCUT2D eigenvalue weighted by Gasteiger charge is 2.12. The van der Waals surface area contributed by atoms with Gasteiger partial charge in [-0.2, -0.15) is 0 Å². The fourth-order valence-corrected chi connectivity index (χ4v) is 3.19. The highest BCUT2D eigenvalue weighted by Crippen LogP contribution is 2.22. The maximum absolute atomic E-state index is 10.8. The topological polar surface area (TPSA) is 37.3 Å². The third kappa shape index (κ3) is 2.43. The van der Waals surface area contributed by atoms with Crippen LogP contribution < -0.4 is 0 Å². The number of hydrogen-bond acceptors (Lipinski definition) is 1. The van der Waals surface area contributed by atoms with Crippen molar-refractivity contribution in [3.63, 3.8) is 0 Å². The Bertz CT molecular complexity index is 349. The van der Waals surface area contributed by atoms with Crippen LogP contribution in [0.4, 0.5) is 0 Å². The van der Waals surface area contributed by atoms with Gasteiger partial charge in [0.2, 0.25) is 0 Å². The average molecular weight is 400 g/mol. The average Bonchev–Trinajstić information content (AvgIpc) is 2.02. The number of benzene rings is 1. The summed E-state index contributed by atoms with van der Waals surface area (Å²) in [7, 11) is 0. The molecule has 0 heterocycles. The number of carbonyl (C=O) groups is 1. The molecule has 0 aliphatic heterocycles. The Morgan fingerprint density at radius 1 is 1.38 bits per heavy atom. The maximum atomic E-state index is 10.8. The number of carboxylic acids is 1. The lowest BCUT2D eigenvalue weighted by atomic mass is 10.1. The fraction of sp³-hybridized carbons (Fsp3) is 0. The summed E-state index contributed by atoms with van der Waals surface area (Å²) in [6, 6.07) is 3.61. The number of aromatic carboxylic acids is 1. The quantitative estimate of drug-likeness (QED) is 0.775. The van der Waals surface area contributed by atoms with E-state index in [4.69, 9.17) is 5.11 Å². The minimum absolute atomic E-state index is 0.367. The first-order valence-corrected chi connectivity index (χ1v) is 5.56. The lowest BCUT2D eigenvalue weighted by molar-refractivity contribution is 0.0694. The number of carboxylic acid groups (broad SMARTS) is 1. The Kier molecular flexibility index (Phi) is 3.72. The normalized spacial score (nSPS) is 9.69. The second kappa shape index (κ2) is 4.41. The molecule has 1 N–H and O–H groups in total. The van der Waals surface area contributed by atoms with Gasteiger partial charge in [-0.3, -0.25) is 0 Å². The van der Waals surface area contributed by atoms with E-state index in [1.165, 1.54) is 0 Å². The Morgan fingerprint density at radius 3 is 2.15 bits per heavy atom. The molecule has 13 heavy (non-hydrogen) atoms. The molecule has 1 rings (SSSR count). The van der Waals surface area contributed by atoms with E-state index >= 15 is 0 Å². The van der Waals surface area contributed by atoms with Crippen molar-refractivity contribution >= 4 is 57.2 Å². The van der Waals surface area contributed by atoms with Crippen LogP contribution in [0, 0.1) is 7.14 Å². The summed E-state index contributed by atoms with van der Waals surface area (Å²) in [5.74, 6) is -0.885. The van der Waals surface area contributed by atoms with Gasteiger partial charge in [-0.05, 0) is 62.9 Å². The van der Waals surface area contributed by atoms with E-state index in [1.807, 2.05) is 45.2 Å². The van der Waals surface area contributed by atoms with Crippen LogP contribution in [0.5, 0.6) is 0 Å². The minimum Gasteiger partial charge on any atom is -0.478 e. The van der Waals surface area contributed by atoms with Gasteiger partial charge >= 0.3 is 5.97 Å². The predicted molar refractivity (Wildman–Crippen MR) is 68.9 cm³/mol. The van der Waals surface area contributed by atoms with Crippen molar-refractivity contribution in [1.82, 2.24) is 0 Å². The molecule has 2 nitrogen and oxygen atoms in total. The van der Waals surface area contributed by atoms with Crippen LogP contribution in [0.2, 0.25) is 0 Å². The summed E-state index contributed by atoms with van der Waals surface area (Å²) in [5, 5.41) is 8.87. The summed E-state index contributed by atoms with van der Waals surface area (Å²) < 4.78 is 1.49. The molecule has 0 radical (unpaired) electrons. The first-order chi connectivity index (χ1) is 6.06. The highest BCUT2D eigenvalue weighted by molar-refractivity contribution is 14.1. The van der Waals surface area contributed by atoms with Crippen molar-refractivity contribution in [1.29, 1.82) is 0 Å². The minimum atomic E-state index is -0.885. The largest absolute Gasteiger partial charge is 0.478 e. The van der Waals surface area contributed by atoms with Gasteiger partial charge in [-0.1, -0.05) is 12.7 Å². The van der Waals surface area contributed by atoms with Crippen LogP contribution in [0.15, 0.2) is 18.7 Å². The van der Waals surface area contributed by atoms with Gasteiger partial charge in [0.25, 0.3) is 0 Å². The predicted octanol–water partition coefficient (Wildman–Crippen LogP) is 3.24. The second-order valence-corrected chi connectivity index (χ2v) is 4.69. The van der Waals surface area contributed by atoms with Crippen molar-refractivity contribution < 1.29 is 9.90 Å². The van der Waals surface area contributed by atoms with Crippen LogP contribution in [0.3, 0.4) is 0 Å². The van der Waals surface area contributed by atoms with Crippen LogP contribution in [0.1, 0.15) is 15.9 Å². The molecule has 1 aromatic carbocycles. The lowest BCUT2D eigenvalue weighted by Crippen LogP contribution is -2.03. The van der Waals surface area contributed by atoms with Gasteiger partial charge in [-0.25, -0.2) is 4.79 Å². The molecule has 0 fully saturated rings. The van der Waals surface area contributed by atoms with Gasteiger partial charge in [0.1, 0.15) is 0 Å². The molecule has 0 atom stereocenters. The van der Waals surface area contributed by atoms with E-state index in [1.54, 1.807) is 18.2 Å². The van der Waals surface area contributed by atoms with E-state index in [2.05, 4.69) is 6.58 Å². The zero-order chi connectivity index (χ0) is 10.0. The molecular formula is C9H6I2O2. The van der Waals surface area contributed by atoms with Gasteiger partial charge < -0.3 is 5.11 Å². The second-order valence-electron chi connectivity index (χ2n) is 2.37. The van der Waals surface area contributed by atoms with Gasteiger partial charge in [0.05, 0.1) is 5.56 Å². The molecule has 1 aromatic rings. The van der Waals surface area contributed by atoms with E-state index < -0.39 is 5.97 Å². The number of hydrogen-bond donors (Lipinski definition) is 1. The van der Waals surface area contributed by atoms with Crippen molar-refractivity contribution in [2.45, 2.75) is 0 Å². The van der Waals surface area contributed by atoms with Crippen LogP contribution in [0.25, 0.3) is 6.08 Å².